The van der Waals surface area contributed by atoms with Gasteiger partial charge in [0.25, 0.3) is 5.91 Å². The number of amides is 1. The largest absolute Gasteiger partial charge is 0.434 e. The number of carbonyl (C=O) groups excluding carboxylic acids is 1. The van der Waals surface area contributed by atoms with Crippen LogP contribution in [0.15, 0.2) is 42.9 Å². The molecule has 0 saturated heterocycles. The van der Waals surface area contributed by atoms with E-state index >= 15 is 4.39 Å². The van der Waals surface area contributed by atoms with Gasteiger partial charge in [-0.15, -0.1) is 0 Å². The molecule has 0 radical (unpaired) electrons. The fourth-order valence-electron chi connectivity index (χ4n) is 6.62. The lowest BCUT2D eigenvalue weighted by Crippen LogP contribution is -2.59. The second-order valence-corrected chi connectivity index (χ2v) is 11.0. The number of nitrogens with zero attached hydrogens (tertiary/aromatic N) is 5. The van der Waals surface area contributed by atoms with Crippen molar-refractivity contribution >= 4 is 11.4 Å². The minimum Gasteiger partial charge on any atom is -0.434 e. The maximum absolute atomic E-state index is 15.5. The molecular formula is C28H25F3N6O3. The van der Waals surface area contributed by atoms with Crippen molar-refractivity contribution in [1.29, 1.82) is 0 Å². The average Bonchev–Trinajstić information content (AvgIpc) is 3.38. The Hall–Kier alpha value is -4.03. The van der Waals surface area contributed by atoms with Crippen LogP contribution < -0.4 is 10.5 Å². The normalized spacial score (nSPS) is 28.4. The summed E-state index contributed by atoms with van der Waals surface area (Å²) in [6.07, 6.45) is 4.59. The van der Waals surface area contributed by atoms with Crippen LogP contribution in [0.4, 0.5) is 13.2 Å². The van der Waals surface area contributed by atoms with E-state index in [4.69, 9.17) is 14.6 Å². The Morgan fingerprint density at radius 2 is 1.98 bits per heavy atom. The summed E-state index contributed by atoms with van der Waals surface area (Å²) < 4.78 is 72.8. The Kier molecular flexibility index (Phi) is 4.48. The maximum atomic E-state index is 15.5. The third kappa shape index (κ3) is 3.55. The zero-order valence-electron chi connectivity index (χ0n) is 24.1. The molecule has 1 aromatic carbocycles. The zero-order valence-corrected chi connectivity index (χ0v) is 21.1. The standard InChI is InChI=1S/C28H25F3N6O3/c1-27(39)11-28(32,12-27)25-33-8-13(9-34-25)15-6-18-22-16-7-19(23(22)35-37(18)10-17(15)29)36(2)24(38)14-4-3-5-20(21(14)16)40-26(30)31/h3-6,8-10,16,19,26,39H,7,11-12,32H2,1-2H3/t16-,19-,27?,28?/m1/s1/i2D3. The molecule has 1 aliphatic heterocycles. The predicted octanol–water partition coefficient (Wildman–Crippen LogP) is 3.89. The van der Waals surface area contributed by atoms with Crippen LogP contribution in [0.1, 0.15) is 75.3 Å². The van der Waals surface area contributed by atoms with E-state index in [1.807, 2.05) is 0 Å². The van der Waals surface area contributed by atoms with Crippen molar-refractivity contribution in [1.82, 2.24) is 24.5 Å². The molecule has 3 N–H and O–H groups in total. The number of benzene rings is 1. The van der Waals surface area contributed by atoms with Crippen LogP contribution in [0.3, 0.4) is 0 Å². The molecule has 0 spiro atoms. The Morgan fingerprint density at radius 1 is 1.23 bits per heavy atom. The lowest BCUT2D eigenvalue weighted by molar-refractivity contribution is -0.0769. The fourth-order valence-corrected chi connectivity index (χ4v) is 6.62. The van der Waals surface area contributed by atoms with Gasteiger partial charge in [-0.2, -0.15) is 13.9 Å². The molecular weight excluding hydrogens is 525 g/mol. The number of hydrogen-bond acceptors (Lipinski definition) is 7. The van der Waals surface area contributed by atoms with Crippen LogP contribution in [0, 0.1) is 5.82 Å². The number of fused-ring (bicyclic) bond motifs is 9. The molecule has 7 rings (SSSR count). The quantitative estimate of drug-likeness (QED) is 0.394. The molecule has 2 atom stereocenters. The number of nitrogens with two attached hydrogens (primary N) is 1. The maximum Gasteiger partial charge on any atom is 0.387 e. The topological polar surface area (TPSA) is 119 Å². The first-order valence-corrected chi connectivity index (χ1v) is 12.6. The van der Waals surface area contributed by atoms with E-state index in [-0.39, 0.29) is 47.4 Å². The van der Waals surface area contributed by atoms with Gasteiger partial charge in [-0.1, -0.05) is 6.07 Å². The summed E-state index contributed by atoms with van der Waals surface area (Å²) in [7, 11) is 0. The first-order chi connectivity index (χ1) is 20.2. The molecule has 3 aromatic heterocycles. The summed E-state index contributed by atoms with van der Waals surface area (Å²) >= 11 is 0. The minimum atomic E-state index is -3.19. The van der Waals surface area contributed by atoms with E-state index in [1.54, 1.807) is 6.92 Å². The molecule has 2 aliphatic carbocycles. The molecule has 4 aromatic rings. The number of hydrogen-bond donors (Lipinski definition) is 2. The van der Waals surface area contributed by atoms with Gasteiger partial charge in [-0.05, 0) is 31.5 Å². The van der Waals surface area contributed by atoms with Crippen molar-refractivity contribution in [2.45, 2.75) is 55.9 Å². The number of pyridine rings is 1. The Balaban J connectivity index is 1.39. The Bertz CT molecular complexity index is 1800. The number of alkyl halides is 2. The van der Waals surface area contributed by atoms with Crippen molar-refractivity contribution in [2.75, 3.05) is 6.98 Å². The molecule has 1 amide bonds. The van der Waals surface area contributed by atoms with E-state index in [0.717, 1.165) is 11.1 Å². The van der Waals surface area contributed by atoms with E-state index in [2.05, 4.69) is 15.1 Å². The smallest absolute Gasteiger partial charge is 0.387 e. The Morgan fingerprint density at radius 3 is 2.65 bits per heavy atom. The third-order valence-corrected chi connectivity index (χ3v) is 8.10. The Labute approximate surface area is 230 Å². The van der Waals surface area contributed by atoms with Crippen molar-refractivity contribution in [3.05, 3.63) is 76.9 Å². The van der Waals surface area contributed by atoms with Crippen molar-refractivity contribution in [3.8, 4) is 16.9 Å². The van der Waals surface area contributed by atoms with E-state index in [0.29, 0.717) is 22.5 Å². The number of carbonyl (C=O) groups is 1. The fraction of sp³-hybridized carbons (Fsp3) is 0.357. The average molecular weight is 554 g/mol. The van der Waals surface area contributed by atoms with Crippen LogP contribution >= 0.6 is 0 Å². The van der Waals surface area contributed by atoms with E-state index in [9.17, 15) is 18.7 Å². The molecule has 1 fully saturated rings. The van der Waals surface area contributed by atoms with Crippen molar-refractivity contribution < 1.29 is 31.9 Å². The number of rotatable bonds is 4. The second kappa shape index (κ2) is 8.24. The van der Waals surface area contributed by atoms with Crippen molar-refractivity contribution in [3.63, 3.8) is 0 Å². The summed E-state index contributed by atoms with van der Waals surface area (Å²) in [5.41, 5.74) is 6.15. The highest BCUT2D eigenvalue weighted by Crippen LogP contribution is 2.53. The molecule has 2 bridgehead atoms. The molecule has 40 heavy (non-hydrogen) atoms. The van der Waals surface area contributed by atoms with Gasteiger partial charge in [-0.25, -0.2) is 18.9 Å². The summed E-state index contributed by atoms with van der Waals surface area (Å²) in [5, 5.41) is 14.6. The van der Waals surface area contributed by atoms with Crippen LogP contribution in [-0.2, 0) is 5.54 Å². The van der Waals surface area contributed by atoms with E-state index in [1.165, 1.54) is 41.2 Å². The van der Waals surface area contributed by atoms with Gasteiger partial charge in [0.05, 0.1) is 34.6 Å². The van der Waals surface area contributed by atoms with Gasteiger partial charge in [0.15, 0.2) is 0 Å². The second-order valence-electron chi connectivity index (χ2n) is 11.0. The van der Waals surface area contributed by atoms with Crippen LogP contribution in [-0.4, -0.2) is 54.7 Å². The first-order valence-electron chi connectivity index (χ1n) is 14.1. The number of ether oxygens (including phenoxy) is 1. The summed E-state index contributed by atoms with van der Waals surface area (Å²) in [6, 6.07) is 4.53. The molecule has 12 heteroatoms. The van der Waals surface area contributed by atoms with Gasteiger partial charge in [0.1, 0.15) is 17.4 Å². The zero-order chi connectivity index (χ0) is 30.6. The number of aromatic nitrogens is 4. The van der Waals surface area contributed by atoms with Gasteiger partial charge in [0.2, 0.25) is 0 Å². The lowest BCUT2D eigenvalue weighted by Gasteiger charge is -2.48. The van der Waals surface area contributed by atoms with Gasteiger partial charge < -0.3 is 20.5 Å². The number of halogens is 3. The highest BCUT2D eigenvalue weighted by atomic mass is 19.3. The lowest BCUT2D eigenvalue weighted by atomic mass is 9.66. The van der Waals surface area contributed by atoms with Crippen LogP contribution in [0.5, 0.6) is 5.75 Å². The number of aliphatic hydroxyl groups is 1. The van der Waals surface area contributed by atoms with Crippen LogP contribution in [0.25, 0.3) is 16.6 Å². The highest BCUT2D eigenvalue weighted by Gasteiger charge is 2.51. The third-order valence-electron chi connectivity index (χ3n) is 8.10. The summed E-state index contributed by atoms with van der Waals surface area (Å²) in [6.45, 7) is -4.40. The monoisotopic (exact) mass is 553 g/mol. The highest BCUT2D eigenvalue weighted by molar-refractivity contribution is 5.98. The van der Waals surface area contributed by atoms with Gasteiger partial charge in [0, 0.05) is 70.1 Å². The van der Waals surface area contributed by atoms with Crippen LogP contribution in [0.2, 0.25) is 0 Å². The molecule has 4 heterocycles. The summed E-state index contributed by atoms with van der Waals surface area (Å²) in [5.74, 6) is -2.22. The molecule has 9 nitrogen and oxygen atoms in total. The minimum absolute atomic E-state index is 0.0573. The molecule has 3 aliphatic rings. The van der Waals surface area contributed by atoms with Gasteiger partial charge >= 0.3 is 6.61 Å². The van der Waals surface area contributed by atoms with Crippen molar-refractivity contribution in [2.24, 2.45) is 5.73 Å². The van der Waals surface area contributed by atoms with Gasteiger partial charge in [-0.3, -0.25) is 4.79 Å². The molecule has 1 saturated carbocycles. The van der Waals surface area contributed by atoms with E-state index < -0.39 is 48.4 Å². The molecule has 206 valence electrons. The SMILES string of the molecule is [2H]C([2H])([2H])N1C(=O)c2cccc(OC(F)F)c2[C@H]2C[C@@H]1c1nn3cc(F)c(-c4cnc(C5(N)CC(C)(O)C5)nc4)cc3c12. The first kappa shape index (κ1) is 21.8. The predicted molar refractivity (Wildman–Crippen MR) is 136 cm³/mol. The summed E-state index contributed by atoms with van der Waals surface area (Å²) in [4.78, 5) is 23.0. The molecule has 0 unspecified atom stereocenters.